The molecule has 0 spiro atoms. The summed E-state index contributed by atoms with van der Waals surface area (Å²) in [6.45, 7) is 4.40. The van der Waals surface area contributed by atoms with Crippen LogP contribution in [0.5, 0.6) is 0 Å². The van der Waals surface area contributed by atoms with Crippen LogP contribution in [0.15, 0.2) is 161 Å². The van der Waals surface area contributed by atoms with E-state index < -0.39 is 0 Å². The Morgan fingerprint density at radius 1 is 0.596 bits per heavy atom. The first-order chi connectivity index (χ1) is 23.3. The van der Waals surface area contributed by atoms with Gasteiger partial charge in [0.15, 0.2) is 5.84 Å². The van der Waals surface area contributed by atoms with Crippen molar-refractivity contribution >= 4 is 93.4 Å². The average molecular weight is 621 g/mol. The SMILES string of the molecule is C=N/C(=N\C(=NCc1ccccc1)n1c2ccc3ccccc3c2c2c3ccccc3c3c4ccccc4sc3c21)c1ccccc1. The fraction of sp³-hybridized carbons (Fsp3) is 0.0238. The van der Waals surface area contributed by atoms with Crippen LogP contribution in [0.2, 0.25) is 0 Å². The van der Waals surface area contributed by atoms with Gasteiger partial charge in [0.25, 0.3) is 0 Å². The first-order valence-electron chi connectivity index (χ1n) is 15.7. The maximum atomic E-state index is 5.28. The van der Waals surface area contributed by atoms with Crippen molar-refractivity contribution in [2.75, 3.05) is 0 Å². The maximum Gasteiger partial charge on any atom is 0.232 e. The van der Waals surface area contributed by atoms with Gasteiger partial charge in [-0.15, -0.1) is 11.3 Å². The van der Waals surface area contributed by atoms with Crippen molar-refractivity contribution < 1.29 is 0 Å². The number of hydrogen-bond donors (Lipinski definition) is 0. The van der Waals surface area contributed by atoms with E-state index in [1.165, 1.54) is 52.5 Å². The van der Waals surface area contributed by atoms with Crippen molar-refractivity contribution in [3.63, 3.8) is 0 Å². The van der Waals surface area contributed by atoms with Crippen molar-refractivity contribution in [2.45, 2.75) is 6.54 Å². The summed E-state index contributed by atoms with van der Waals surface area (Å²) in [6.07, 6.45) is 0. The Balaban J connectivity index is 1.51. The predicted octanol–water partition coefficient (Wildman–Crippen LogP) is 11.0. The van der Waals surface area contributed by atoms with Gasteiger partial charge in [-0.3, -0.25) is 4.57 Å². The zero-order chi connectivity index (χ0) is 31.3. The number of rotatable bonds is 3. The van der Waals surface area contributed by atoms with E-state index in [0.717, 1.165) is 22.2 Å². The van der Waals surface area contributed by atoms with Gasteiger partial charge in [-0.05, 0) is 46.0 Å². The molecule has 0 unspecified atom stereocenters. The van der Waals surface area contributed by atoms with Crippen molar-refractivity contribution in [1.29, 1.82) is 0 Å². The molecule has 0 amide bonds. The van der Waals surface area contributed by atoms with Crippen LogP contribution in [0.3, 0.4) is 0 Å². The number of benzene rings is 7. The molecule has 47 heavy (non-hydrogen) atoms. The second-order valence-electron chi connectivity index (χ2n) is 11.6. The monoisotopic (exact) mass is 620 g/mol. The molecule has 9 aromatic rings. The van der Waals surface area contributed by atoms with Crippen LogP contribution in [0.4, 0.5) is 0 Å². The topological polar surface area (TPSA) is 42.0 Å². The molecule has 0 bridgehead atoms. The van der Waals surface area contributed by atoms with Crippen LogP contribution in [0.1, 0.15) is 11.1 Å². The third kappa shape index (κ3) is 4.39. The van der Waals surface area contributed by atoms with Crippen LogP contribution in [-0.4, -0.2) is 23.1 Å². The van der Waals surface area contributed by atoms with Crippen molar-refractivity contribution in [1.82, 2.24) is 4.57 Å². The number of aliphatic imine (C=N–C) groups is 3. The van der Waals surface area contributed by atoms with E-state index in [9.17, 15) is 0 Å². The van der Waals surface area contributed by atoms with E-state index >= 15 is 0 Å². The van der Waals surface area contributed by atoms with E-state index in [4.69, 9.17) is 9.98 Å². The summed E-state index contributed by atoms with van der Waals surface area (Å²) in [4.78, 5) is 15.0. The normalized spacial score (nSPS) is 12.7. The van der Waals surface area contributed by atoms with Crippen LogP contribution in [0, 0.1) is 0 Å². The molecule has 0 atom stereocenters. The Kier molecular flexibility index (Phi) is 6.51. The fourth-order valence-electron chi connectivity index (χ4n) is 6.92. The lowest BCUT2D eigenvalue weighted by molar-refractivity contribution is 1.03. The van der Waals surface area contributed by atoms with Gasteiger partial charge in [0.05, 0.1) is 22.3 Å². The number of fused-ring (bicyclic) bond motifs is 12. The third-order valence-electron chi connectivity index (χ3n) is 8.97. The van der Waals surface area contributed by atoms with Gasteiger partial charge in [0.2, 0.25) is 5.96 Å². The van der Waals surface area contributed by atoms with Gasteiger partial charge in [0.1, 0.15) is 0 Å². The highest BCUT2D eigenvalue weighted by atomic mass is 32.1. The quantitative estimate of drug-likeness (QED) is 0.139. The van der Waals surface area contributed by atoms with Crippen LogP contribution >= 0.6 is 11.3 Å². The minimum absolute atomic E-state index is 0.469. The van der Waals surface area contributed by atoms with Gasteiger partial charge >= 0.3 is 0 Å². The van der Waals surface area contributed by atoms with Crippen LogP contribution < -0.4 is 0 Å². The van der Waals surface area contributed by atoms with Crippen LogP contribution in [-0.2, 0) is 6.54 Å². The minimum Gasteiger partial charge on any atom is -0.277 e. The summed E-state index contributed by atoms with van der Waals surface area (Å²) >= 11 is 1.83. The van der Waals surface area contributed by atoms with Crippen molar-refractivity contribution in [3.8, 4) is 0 Å². The maximum absolute atomic E-state index is 5.28. The van der Waals surface area contributed by atoms with Gasteiger partial charge in [-0.25, -0.2) is 9.98 Å². The molecule has 0 saturated heterocycles. The Labute approximate surface area is 275 Å². The highest BCUT2D eigenvalue weighted by molar-refractivity contribution is 7.27. The number of amidine groups is 1. The van der Waals surface area contributed by atoms with E-state index in [0.29, 0.717) is 18.3 Å². The molecule has 5 heteroatoms. The highest BCUT2D eigenvalue weighted by Crippen LogP contribution is 2.48. The first kappa shape index (κ1) is 27.4. The second kappa shape index (κ2) is 11.2. The molecule has 0 aliphatic heterocycles. The molecule has 0 N–H and O–H groups in total. The highest BCUT2D eigenvalue weighted by Gasteiger charge is 2.24. The molecule has 7 aromatic carbocycles. The first-order valence-corrected chi connectivity index (χ1v) is 16.5. The molecular formula is C42H28N4S. The summed E-state index contributed by atoms with van der Waals surface area (Å²) in [5.74, 6) is 1.10. The molecule has 0 aliphatic carbocycles. The van der Waals surface area contributed by atoms with Gasteiger partial charge in [0, 0.05) is 31.8 Å². The lowest BCUT2D eigenvalue weighted by atomic mass is 9.97. The fourth-order valence-corrected chi connectivity index (χ4v) is 8.18. The smallest absolute Gasteiger partial charge is 0.232 e. The molecule has 2 aromatic heterocycles. The minimum atomic E-state index is 0.469. The van der Waals surface area contributed by atoms with E-state index in [1.807, 2.05) is 59.9 Å². The summed E-state index contributed by atoms with van der Waals surface area (Å²) in [7, 11) is 0. The molecule has 0 aliphatic rings. The molecule has 4 nitrogen and oxygen atoms in total. The zero-order valence-corrected chi connectivity index (χ0v) is 26.3. The lowest BCUT2D eigenvalue weighted by Crippen LogP contribution is -2.13. The Bertz CT molecular complexity index is 2720. The third-order valence-corrected chi connectivity index (χ3v) is 10.1. The standard InChI is InChI=1S/C42H28N4S/c1-43-41(29-17-6-3-7-18-29)45-42(44-26-27-14-4-2-5-15-27)46-34-25-24-28-16-8-9-19-30(28)37(34)38-32-21-11-10-20-31(32)36-33-22-12-13-23-35(33)47-40(36)39(38)46/h2-25H,1,26H2/b44-42?,45-41-. The Morgan fingerprint density at radius 3 is 2.00 bits per heavy atom. The lowest BCUT2D eigenvalue weighted by Gasteiger charge is -2.11. The number of nitrogens with zero attached hydrogens (tertiary/aromatic N) is 4. The predicted molar refractivity (Wildman–Crippen MR) is 203 cm³/mol. The average Bonchev–Trinajstić information content (AvgIpc) is 3.70. The van der Waals surface area contributed by atoms with E-state index in [-0.39, 0.29) is 0 Å². The van der Waals surface area contributed by atoms with E-state index in [1.54, 1.807) is 0 Å². The Hall–Kier alpha value is -5.91. The Morgan fingerprint density at radius 2 is 1.23 bits per heavy atom. The molecule has 222 valence electrons. The van der Waals surface area contributed by atoms with Gasteiger partial charge in [-0.2, -0.15) is 4.99 Å². The molecule has 9 rings (SSSR count). The van der Waals surface area contributed by atoms with Crippen LogP contribution in [0.25, 0.3) is 63.5 Å². The van der Waals surface area contributed by atoms with Gasteiger partial charge in [-0.1, -0.05) is 133 Å². The molecule has 2 heterocycles. The number of thiophene rings is 1. The summed E-state index contributed by atoms with van der Waals surface area (Å²) in [5, 5.41) is 9.80. The van der Waals surface area contributed by atoms with Gasteiger partial charge < -0.3 is 0 Å². The number of hydrogen-bond acceptors (Lipinski definition) is 2. The van der Waals surface area contributed by atoms with Crippen molar-refractivity contribution in [2.24, 2.45) is 15.0 Å². The number of aromatic nitrogens is 1. The second-order valence-corrected chi connectivity index (χ2v) is 12.7. The van der Waals surface area contributed by atoms with Crippen molar-refractivity contribution in [3.05, 3.63) is 157 Å². The summed E-state index contributed by atoms with van der Waals surface area (Å²) < 4.78 is 4.75. The molecular weight excluding hydrogens is 593 g/mol. The largest absolute Gasteiger partial charge is 0.277 e. The summed E-state index contributed by atoms with van der Waals surface area (Å²) in [6, 6.07) is 51.0. The molecule has 0 saturated carbocycles. The molecule has 0 fully saturated rings. The van der Waals surface area contributed by atoms with E-state index in [2.05, 4.69) is 113 Å². The summed E-state index contributed by atoms with van der Waals surface area (Å²) in [5.41, 5.74) is 4.16. The zero-order valence-electron chi connectivity index (χ0n) is 25.5. The molecule has 0 radical (unpaired) electrons.